The summed E-state index contributed by atoms with van der Waals surface area (Å²) < 4.78 is 8.28. The summed E-state index contributed by atoms with van der Waals surface area (Å²) >= 11 is 10.8. The van der Waals surface area contributed by atoms with Gasteiger partial charge in [0.1, 0.15) is 25.0 Å². The Bertz CT molecular complexity index is 763. The Hall–Kier alpha value is -1.41. The number of nitrogens with zero attached hydrogens (tertiary/aromatic N) is 3. The van der Waals surface area contributed by atoms with Gasteiger partial charge >= 0.3 is 0 Å². The number of aromatic nitrogens is 3. The quantitative estimate of drug-likeness (QED) is 0.668. The molecule has 0 aliphatic rings. The van der Waals surface area contributed by atoms with Gasteiger partial charge in [-0.1, -0.05) is 11.6 Å². The fourth-order valence-corrected chi connectivity index (χ4v) is 3.65. The molecule has 5 nitrogen and oxygen atoms in total. The fraction of sp³-hybridized carbons (Fsp3) is 0.200. The van der Waals surface area contributed by atoms with Crippen molar-refractivity contribution < 1.29 is 9.84 Å². The van der Waals surface area contributed by atoms with E-state index in [-0.39, 0.29) is 13.2 Å². The van der Waals surface area contributed by atoms with Crippen LogP contribution in [0, 0.1) is 0 Å². The number of rotatable bonds is 6. The molecule has 8 heteroatoms. The molecule has 0 aliphatic carbocycles. The van der Waals surface area contributed by atoms with Gasteiger partial charge in [0, 0.05) is 9.90 Å². The molecule has 2 aromatic heterocycles. The minimum Gasteiger partial charge on any atom is -0.490 e. The Balaban J connectivity index is 1.81. The zero-order valence-electron chi connectivity index (χ0n) is 11.9. The van der Waals surface area contributed by atoms with Crippen molar-refractivity contribution in [1.82, 2.24) is 14.8 Å². The highest BCUT2D eigenvalue weighted by Crippen LogP contribution is 2.33. The number of aliphatic hydroxyl groups is 1. The van der Waals surface area contributed by atoms with E-state index in [2.05, 4.69) is 26.0 Å². The maximum absolute atomic E-state index is 11.1. The molecule has 1 aromatic carbocycles. The number of benzene rings is 1. The van der Waals surface area contributed by atoms with E-state index in [1.165, 1.54) is 17.7 Å². The van der Waals surface area contributed by atoms with Crippen molar-refractivity contribution in [2.24, 2.45) is 0 Å². The van der Waals surface area contributed by atoms with Crippen molar-refractivity contribution in [2.75, 3.05) is 6.61 Å². The summed E-state index contributed by atoms with van der Waals surface area (Å²) in [6.07, 6.45) is 3.00. The standard InChI is InChI=1S/C15H13BrClN3O2S/c16-14-6-5-13(23-14)15(21,7-20-10-18-9-19-20)8-22-12-3-1-11(17)2-4-12/h1-6,9-10,21H,7-8H2. The van der Waals surface area contributed by atoms with E-state index >= 15 is 0 Å². The summed E-state index contributed by atoms with van der Waals surface area (Å²) in [6, 6.07) is 10.8. The highest BCUT2D eigenvalue weighted by molar-refractivity contribution is 9.11. The molecule has 1 N–H and O–H groups in total. The Morgan fingerprint density at radius 3 is 2.65 bits per heavy atom. The van der Waals surface area contributed by atoms with Crippen LogP contribution in [0.4, 0.5) is 0 Å². The van der Waals surface area contributed by atoms with E-state index in [0.717, 1.165) is 8.66 Å². The molecule has 0 bridgehead atoms. The minimum absolute atomic E-state index is 0.0848. The van der Waals surface area contributed by atoms with Crippen LogP contribution in [0.5, 0.6) is 5.75 Å². The van der Waals surface area contributed by atoms with Crippen molar-refractivity contribution in [3.8, 4) is 5.75 Å². The number of hydrogen-bond acceptors (Lipinski definition) is 5. The zero-order chi connectivity index (χ0) is 16.3. The molecule has 3 aromatic rings. The van der Waals surface area contributed by atoms with Crippen molar-refractivity contribution in [2.45, 2.75) is 12.1 Å². The lowest BCUT2D eigenvalue weighted by Gasteiger charge is -2.27. The number of thiophene rings is 1. The number of hydrogen-bond donors (Lipinski definition) is 1. The monoisotopic (exact) mass is 413 g/mol. The largest absolute Gasteiger partial charge is 0.490 e. The summed E-state index contributed by atoms with van der Waals surface area (Å²) in [5, 5.41) is 15.8. The zero-order valence-corrected chi connectivity index (χ0v) is 15.1. The summed E-state index contributed by atoms with van der Waals surface area (Å²) in [5.74, 6) is 0.641. The third kappa shape index (κ3) is 4.11. The first kappa shape index (κ1) is 16.4. The molecule has 0 spiro atoms. The highest BCUT2D eigenvalue weighted by atomic mass is 79.9. The summed E-state index contributed by atoms with van der Waals surface area (Å²) in [7, 11) is 0. The Labute approximate surface area is 150 Å². The lowest BCUT2D eigenvalue weighted by Crippen LogP contribution is -2.37. The van der Waals surface area contributed by atoms with E-state index in [1.54, 1.807) is 35.3 Å². The van der Waals surface area contributed by atoms with Crippen molar-refractivity contribution >= 4 is 38.9 Å². The minimum atomic E-state index is -1.22. The highest BCUT2D eigenvalue weighted by Gasteiger charge is 2.33. The summed E-state index contributed by atoms with van der Waals surface area (Å²) in [4.78, 5) is 4.70. The van der Waals surface area contributed by atoms with Gasteiger partial charge in [-0.25, -0.2) is 9.67 Å². The van der Waals surface area contributed by atoms with Gasteiger partial charge in [-0.15, -0.1) is 11.3 Å². The molecule has 1 unspecified atom stereocenters. The number of halogens is 2. The Morgan fingerprint density at radius 1 is 1.26 bits per heavy atom. The van der Waals surface area contributed by atoms with Crippen LogP contribution >= 0.6 is 38.9 Å². The van der Waals surface area contributed by atoms with Gasteiger partial charge in [-0.3, -0.25) is 0 Å². The average Bonchev–Trinajstić information content (AvgIpc) is 3.18. The van der Waals surface area contributed by atoms with Crippen molar-refractivity contribution in [1.29, 1.82) is 0 Å². The van der Waals surface area contributed by atoms with Gasteiger partial charge in [0.05, 0.1) is 10.3 Å². The first-order chi connectivity index (χ1) is 11.0. The van der Waals surface area contributed by atoms with Gasteiger partial charge in [-0.05, 0) is 52.3 Å². The molecule has 1 atom stereocenters. The third-order valence-electron chi connectivity index (χ3n) is 3.21. The van der Waals surface area contributed by atoms with Gasteiger partial charge in [0.15, 0.2) is 5.60 Å². The van der Waals surface area contributed by atoms with Gasteiger partial charge < -0.3 is 9.84 Å². The summed E-state index contributed by atoms with van der Waals surface area (Å²) in [6.45, 7) is 0.328. The van der Waals surface area contributed by atoms with Crippen LogP contribution in [0.3, 0.4) is 0 Å². The third-order valence-corrected chi connectivity index (χ3v) is 5.28. The van der Waals surface area contributed by atoms with Crippen LogP contribution in [0.25, 0.3) is 0 Å². The van der Waals surface area contributed by atoms with Crippen LogP contribution in [0.1, 0.15) is 4.88 Å². The lowest BCUT2D eigenvalue weighted by atomic mass is 10.0. The van der Waals surface area contributed by atoms with Crippen LogP contribution in [-0.4, -0.2) is 26.5 Å². The molecule has 0 aliphatic heterocycles. The van der Waals surface area contributed by atoms with Gasteiger partial charge in [0.25, 0.3) is 0 Å². The van der Waals surface area contributed by atoms with Crippen LogP contribution in [0.15, 0.2) is 52.8 Å². The van der Waals surface area contributed by atoms with Crippen LogP contribution < -0.4 is 4.74 Å². The second-order valence-corrected chi connectivity index (χ2v) is 7.87. The van der Waals surface area contributed by atoms with E-state index in [1.807, 2.05) is 12.1 Å². The van der Waals surface area contributed by atoms with Crippen LogP contribution in [0.2, 0.25) is 5.02 Å². The molecule has 0 saturated heterocycles. The molecule has 0 fully saturated rings. The normalized spacial score (nSPS) is 13.7. The SMILES string of the molecule is OC(COc1ccc(Cl)cc1)(Cn1cncn1)c1ccc(Br)s1. The molecular weight excluding hydrogens is 402 g/mol. The molecule has 0 amide bonds. The number of ether oxygens (including phenoxy) is 1. The first-order valence-corrected chi connectivity index (χ1v) is 8.73. The van der Waals surface area contributed by atoms with Gasteiger partial charge in [-0.2, -0.15) is 5.10 Å². The molecule has 23 heavy (non-hydrogen) atoms. The second kappa shape index (κ2) is 7.00. The second-order valence-electron chi connectivity index (χ2n) is 4.97. The van der Waals surface area contributed by atoms with E-state index < -0.39 is 5.60 Å². The van der Waals surface area contributed by atoms with E-state index in [0.29, 0.717) is 10.8 Å². The Morgan fingerprint density at radius 2 is 2.04 bits per heavy atom. The predicted molar refractivity (Wildman–Crippen MR) is 92.9 cm³/mol. The average molecular weight is 415 g/mol. The smallest absolute Gasteiger partial charge is 0.152 e. The van der Waals surface area contributed by atoms with E-state index in [9.17, 15) is 5.11 Å². The fourth-order valence-electron chi connectivity index (χ4n) is 2.08. The molecule has 0 radical (unpaired) electrons. The maximum Gasteiger partial charge on any atom is 0.152 e. The van der Waals surface area contributed by atoms with Gasteiger partial charge in [0.2, 0.25) is 0 Å². The molecule has 120 valence electrons. The van der Waals surface area contributed by atoms with Crippen LogP contribution in [-0.2, 0) is 12.1 Å². The maximum atomic E-state index is 11.1. The van der Waals surface area contributed by atoms with E-state index in [4.69, 9.17) is 16.3 Å². The van der Waals surface area contributed by atoms with Crippen molar-refractivity contribution in [3.05, 3.63) is 62.7 Å². The lowest BCUT2D eigenvalue weighted by molar-refractivity contribution is -0.0239. The molecular formula is C15H13BrClN3O2S. The Kier molecular flexibility index (Phi) is 5.01. The topological polar surface area (TPSA) is 60.2 Å². The summed E-state index contributed by atoms with van der Waals surface area (Å²) in [5.41, 5.74) is -1.22. The molecule has 2 heterocycles. The molecule has 3 rings (SSSR count). The predicted octanol–water partition coefficient (Wildman–Crippen LogP) is 3.72. The first-order valence-electron chi connectivity index (χ1n) is 6.74. The van der Waals surface area contributed by atoms with Crippen molar-refractivity contribution in [3.63, 3.8) is 0 Å². The molecule has 0 saturated carbocycles.